The lowest BCUT2D eigenvalue weighted by Crippen LogP contribution is -2.42. The van der Waals surface area contributed by atoms with E-state index >= 15 is 0 Å². The third kappa shape index (κ3) is 7.14. The lowest BCUT2D eigenvalue weighted by atomic mass is 9.56. The van der Waals surface area contributed by atoms with Gasteiger partial charge in [0.15, 0.2) is 0 Å². The summed E-state index contributed by atoms with van der Waals surface area (Å²) in [7, 11) is 0. The molecule has 0 spiro atoms. The largest absolute Gasteiger partial charge is 0.0654 e. The third-order valence-corrected chi connectivity index (χ3v) is 12.9. The first kappa shape index (κ1) is 29.0. The minimum Gasteiger partial charge on any atom is -0.0654 e. The highest BCUT2D eigenvalue weighted by Gasteiger charge is 2.47. The second-order valence-corrected chi connectivity index (χ2v) is 15.4. The van der Waals surface area contributed by atoms with Crippen molar-refractivity contribution < 1.29 is 0 Å². The van der Waals surface area contributed by atoms with Crippen LogP contribution >= 0.6 is 0 Å². The van der Waals surface area contributed by atoms with Crippen molar-refractivity contribution in [3.05, 3.63) is 0 Å². The van der Waals surface area contributed by atoms with Crippen LogP contribution in [0.5, 0.6) is 0 Å². The van der Waals surface area contributed by atoms with Crippen LogP contribution in [0.1, 0.15) is 157 Å². The quantitative estimate of drug-likeness (QED) is 0.341. The summed E-state index contributed by atoms with van der Waals surface area (Å²) in [6.45, 7) is 14.8. The van der Waals surface area contributed by atoms with Crippen molar-refractivity contribution >= 4 is 0 Å². The molecule has 5 aliphatic rings. The Kier molecular flexibility index (Phi) is 11.2. The van der Waals surface area contributed by atoms with Gasteiger partial charge in [0.2, 0.25) is 0 Å². The number of hydrogen-bond donors (Lipinski definition) is 0. The Morgan fingerprint density at radius 3 is 1.92 bits per heavy atom. The molecule has 5 aliphatic carbocycles. The van der Waals surface area contributed by atoms with E-state index in [0.29, 0.717) is 0 Å². The van der Waals surface area contributed by atoms with E-state index in [4.69, 9.17) is 0 Å². The van der Waals surface area contributed by atoms with Gasteiger partial charge in [0.05, 0.1) is 0 Å². The van der Waals surface area contributed by atoms with Crippen LogP contribution in [0.2, 0.25) is 0 Å². The predicted octanol–water partition coefficient (Wildman–Crippen LogP) is 11.6. The molecule has 210 valence electrons. The standard InChI is InChI=1S/C21H38.C15H28/c1-4-5-8-19-16(3)14-18-7-6-9-20(18)21(19)17-12-10-15(2)11-13-17;1-4-13-7-6-12(3)15(10-13)14-8-5-11(2)9-14/h15-21H,4-14H2,1-3H3;11-15H,4-10H2,1-3H3. The molecule has 10 unspecified atom stereocenters. The Bertz CT molecular complexity index is 614. The Balaban J connectivity index is 0.000000179. The van der Waals surface area contributed by atoms with Crippen LogP contribution in [0.4, 0.5) is 0 Å². The Morgan fingerprint density at radius 1 is 0.556 bits per heavy atom. The van der Waals surface area contributed by atoms with E-state index < -0.39 is 0 Å². The fourth-order valence-corrected chi connectivity index (χ4v) is 10.6. The molecular formula is C36H66. The fourth-order valence-electron chi connectivity index (χ4n) is 10.6. The molecule has 5 fully saturated rings. The molecule has 5 rings (SSSR count). The van der Waals surface area contributed by atoms with Gasteiger partial charge in [-0.05, 0) is 122 Å². The van der Waals surface area contributed by atoms with Gasteiger partial charge in [0.25, 0.3) is 0 Å². The zero-order valence-corrected chi connectivity index (χ0v) is 25.7. The van der Waals surface area contributed by atoms with E-state index in [1.54, 1.807) is 44.9 Å². The van der Waals surface area contributed by atoms with Gasteiger partial charge in [-0.3, -0.25) is 0 Å². The maximum Gasteiger partial charge on any atom is -0.0324 e. The van der Waals surface area contributed by atoms with Crippen LogP contribution in [-0.4, -0.2) is 0 Å². The lowest BCUT2D eigenvalue weighted by Gasteiger charge is -2.49. The molecule has 5 saturated carbocycles. The van der Waals surface area contributed by atoms with Gasteiger partial charge in [-0.1, -0.05) is 106 Å². The average molecular weight is 499 g/mol. The summed E-state index contributed by atoms with van der Waals surface area (Å²) in [4.78, 5) is 0. The van der Waals surface area contributed by atoms with Gasteiger partial charge < -0.3 is 0 Å². The van der Waals surface area contributed by atoms with Gasteiger partial charge in [-0.15, -0.1) is 0 Å². The highest BCUT2D eigenvalue weighted by Crippen LogP contribution is 2.56. The number of fused-ring (bicyclic) bond motifs is 1. The van der Waals surface area contributed by atoms with E-state index in [2.05, 4.69) is 41.5 Å². The first-order valence-corrected chi connectivity index (χ1v) is 17.4. The van der Waals surface area contributed by atoms with Crippen molar-refractivity contribution in [3.8, 4) is 0 Å². The van der Waals surface area contributed by atoms with Gasteiger partial charge in [0.1, 0.15) is 0 Å². The molecule has 0 aromatic carbocycles. The van der Waals surface area contributed by atoms with Crippen molar-refractivity contribution in [1.29, 1.82) is 0 Å². The van der Waals surface area contributed by atoms with Crippen LogP contribution in [-0.2, 0) is 0 Å². The van der Waals surface area contributed by atoms with Crippen molar-refractivity contribution in [2.45, 2.75) is 157 Å². The maximum absolute atomic E-state index is 2.60. The van der Waals surface area contributed by atoms with E-state index in [9.17, 15) is 0 Å². The highest BCUT2D eigenvalue weighted by atomic mass is 14.5. The maximum atomic E-state index is 2.60. The van der Waals surface area contributed by atoms with Crippen molar-refractivity contribution in [3.63, 3.8) is 0 Å². The summed E-state index contributed by atoms with van der Waals surface area (Å²) in [6, 6.07) is 0. The minimum absolute atomic E-state index is 1.01. The normalized spacial score (nSPS) is 47.2. The topological polar surface area (TPSA) is 0 Å². The summed E-state index contributed by atoms with van der Waals surface area (Å²) < 4.78 is 0. The first-order valence-electron chi connectivity index (χ1n) is 17.4. The molecule has 0 N–H and O–H groups in total. The number of unbranched alkanes of at least 4 members (excludes halogenated alkanes) is 1. The zero-order chi connectivity index (χ0) is 25.7. The van der Waals surface area contributed by atoms with Crippen molar-refractivity contribution in [2.75, 3.05) is 0 Å². The molecule has 0 heteroatoms. The van der Waals surface area contributed by atoms with Gasteiger partial charge in [-0.2, -0.15) is 0 Å². The van der Waals surface area contributed by atoms with Gasteiger partial charge >= 0.3 is 0 Å². The molecule has 0 aromatic heterocycles. The molecular weight excluding hydrogens is 432 g/mol. The molecule has 0 amide bonds. The van der Waals surface area contributed by atoms with Crippen LogP contribution in [0.25, 0.3) is 0 Å². The van der Waals surface area contributed by atoms with Crippen LogP contribution < -0.4 is 0 Å². The molecule has 0 aliphatic heterocycles. The molecule has 0 bridgehead atoms. The van der Waals surface area contributed by atoms with E-state index in [0.717, 1.165) is 71.0 Å². The molecule has 0 nitrogen and oxygen atoms in total. The lowest BCUT2D eigenvalue weighted by molar-refractivity contribution is -0.00156. The second-order valence-electron chi connectivity index (χ2n) is 15.4. The summed E-state index contributed by atoms with van der Waals surface area (Å²) in [6.07, 6.45) is 27.4. The molecule has 36 heavy (non-hydrogen) atoms. The highest BCUT2D eigenvalue weighted by molar-refractivity contribution is 4.97. The predicted molar refractivity (Wildman–Crippen MR) is 159 cm³/mol. The van der Waals surface area contributed by atoms with Gasteiger partial charge in [-0.25, -0.2) is 0 Å². The van der Waals surface area contributed by atoms with Crippen LogP contribution in [0, 0.1) is 71.0 Å². The molecule has 0 heterocycles. The summed E-state index contributed by atoms with van der Waals surface area (Å²) >= 11 is 0. The van der Waals surface area contributed by atoms with E-state index in [-0.39, 0.29) is 0 Å². The Morgan fingerprint density at radius 2 is 1.25 bits per heavy atom. The number of rotatable bonds is 6. The second kappa shape index (κ2) is 13.9. The van der Waals surface area contributed by atoms with E-state index in [1.807, 2.05) is 0 Å². The summed E-state index contributed by atoms with van der Waals surface area (Å²) in [5.74, 6) is 12.8. The minimum atomic E-state index is 1.01. The molecule has 10 atom stereocenters. The van der Waals surface area contributed by atoms with Crippen molar-refractivity contribution in [1.82, 2.24) is 0 Å². The first-order chi connectivity index (χ1) is 17.4. The Labute approximate surface area is 227 Å². The number of hydrogen-bond acceptors (Lipinski definition) is 0. The van der Waals surface area contributed by atoms with E-state index in [1.165, 1.54) is 70.6 Å². The van der Waals surface area contributed by atoms with Gasteiger partial charge in [0, 0.05) is 0 Å². The van der Waals surface area contributed by atoms with Crippen LogP contribution in [0.3, 0.4) is 0 Å². The fraction of sp³-hybridized carbons (Fsp3) is 1.00. The Hall–Kier alpha value is 0. The molecule has 0 radical (unpaired) electrons. The molecule has 0 saturated heterocycles. The average Bonchev–Trinajstić information content (AvgIpc) is 3.52. The van der Waals surface area contributed by atoms with Crippen LogP contribution in [0.15, 0.2) is 0 Å². The zero-order valence-electron chi connectivity index (χ0n) is 25.7. The molecule has 0 aromatic rings. The SMILES string of the molecule is CCC1CCC(C)C(C2CCC(C)C2)C1.CCCCC1C(C)CC2CCCC2C1C1CCC(C)CC1. The monoisotopic (exact) mass is 499 g/mol. The smallest absolute Gasteiger partial charge is 0.0324 e. The van der Waals surface area contributed by atoms with Crippen molar-refractivity contribution in [2.24, 2.45) is 71.0 Å². The third-order valence-electron chi connectivity index (χ3n) is 12.9. The summed E-state index contributed by atoms with van der Waals surface area (Å²) in [5.41, 5.74) is 0. The summed E-state index contributed by atoms with van der Waals surface area (Å²) in [5, 5.41) is 0.